The molecular weight excluding hydrogens is 254 g/mol. The Kier molecular flexibility index (Phi) is 4.69. The number of carbonyl (C=O) groups excluding carboxylic acids is 1. The van der Waals surface area contributed by atoms with E-state index >= 15 is 0 Å². The number of carbonyl (C=O) groups is 1. The topological polar surface area (TPSA) is 101 Å². The Balaban J connectivity index is 2.64. The van der Waals surface area contributed by atoms with Crippen LogP contribution in [0.2, 0.25) is 0 Å². The van der Waals surface area contributed by atoms with Crippen LogP contribution >= 0.6 is 0 Å². The van der Waals surface area contributed by atoms with Crippen LogP contribution in [0.25, 0.3) is 0 Å². The predicted molar refractivity (Wildman–Crippen MR) is 70.8 cm³/mol. The molecule has 1 aromatic rings. The fourth-order valence-corrected chi connectivity index (χ4v) is 1.95. The number of nitrogen functional groups attached to an aromatic ring is 1. The number of sulfonamides is 1. The lowest BCUT2D eigenvalue weighted by Gasteiger charge is -2.09. The normalized spacial score (nSPS) is 11.2. The van der Waals surface area contributed by atoms with E-state index in [0.29, 0.717) is 11.3 Å². The Morgan fingerprint density at radius 2 is 2.06 bits per heavy atom. The average molecular weight is 271 g/mol. The highest BCUT2D eigenvalue weighted by Crippen LogP contribution is 2.15. The molecule has 1 aromatic carbocycles. The Labute approximate surface area is 107 Å². The first-order valence-electron chi connectivity index (χ1n) is 5.42. The summed E-state index contributed by atoms with van der Waals surface area (Å²) in [6, 6.07) is 5.13. The molecule has 0 bridgehead atoms. The van der Waals surface area contributed by atoms with Gasteiger partial charge in [0, 0.05) is 12.2 Å². The van der Waals surface area contributed by atoms with Gasteiger partial charge in [-0.15, -0.1) is 0 Å². The van der Waals surface area contributed by atoms with Gasteiger partial charge in [0.05, 0.1) is 11.3 Å². The maximum absolute atomic E-state index is 11.8. The molecule has 18 heavy (non-hydrogen) atoms. The molecule has 1 rings (SSSR count). The number of anilines is 1. The van der Waals surface area contributed by atoms with Gasteiger partial charge in [-0.2, -0.15) is 0 Å². The van der Waals surface area contributed by atoms with E-state index in [1.54, 1.807) is 25.1 Å². The zero-order chi connectivity index (χ0) is 13.8. The number of hydrogen-bond acceptors (Lipinski definition) is 4. The molecule has 0 radical (unpaired) electrons. The predicted octanol–water partition coefficient (Wildman–Crippen LogP) is -0.144. The first-order chi connectivity index (χ1) is 8.37. The highest BCUT2D eigenvalue weighted by atomic mass is 32.2. The van der Waals surface area contributed by atoms with Gasteiger partial charge in [-0.3, -0.25) is 4.79 Å². The second kappa shape index (κ2) is 5.83. The van der Waals surface area contributed by atoms with Gasteiger partial charge in [0.1, 0.15) is 0 Å². The van der Waals surface area contributed by atoms with Gasteiger partial charge in [-0.1, -0.05) is 12.1 Å². The van der Waals surface area contributed by atoms with Crippen LogP contribution in [-0.4, -0.2) is 33.7 Å². The molecule has 0 atom stereocenters. The van der Waals surface area contributed by atoms with E-state index in [4.69, 9.17) is 5.73 Å². The Bertz CT molecular complexity index is 540. The molecule has 6 nitrogen and oxygen atoms in total. The van der Waals surface area contributed by atoms with Gasteiger partial charge < -0.3 is 11.1 Å². The second-order valence-corrected chi connectivity index (χ2v) is 5.86. The fraction of sp³-hybridized carbons (Fsp3) is 0.364. The molecule has 7 heteroatoms. The summed E-state index contributed by atoms with van der Waals surface area (Å²) in [5, 5.41) is 2.52. The molecule has 100 valence electrons. The SMILES string of the molecule is CNS(=O)(=O)CCNC(=O)c1cccc(C)c1N. The quantitative estimate of drug-likeness (QED) is 0.648. The van der Waals surface area contributed by atoms with Crippen molar-refractivity contribution in [2.24, 2.45) is 0 Å². The monoisotopic (exact) mass is 271 g/mol. The van der Waals surface area contributed by atoms with Crippen LogP contribution in [0.3, 0.4) is 0 Å². The standard InChI is InChI=1S/C11H17N3O3S/c1-8-4-3-5-9(10(8)12)11(15)14-6-7-18(16,17)13-2/h3-5,13H,6-7,12H2,1-2H3,(H,14,15). The summed E-state index contributed by atoms with van der Waals surface area (Å²) in [7, 11) is -1.98. The van der Waals surface area contributed by atoms with Gasteiger partial charge >= 0.3 is 0 Å². The van der Waals surface area contributed by atoms with Crippen molar-refractivity contribution in [2.75, 3.05) is 25.1 Å². The van der Waals surface area contributed by atoms with Gasteiger partial charge in [0.25, 0.3) is 5.91 Å². The molecule has 0 aliphatic rings. The van der Waals surface area contributed by atoms with Crippen LogP contribution in [0.1, 0.15) is 15.9 Å². The van der Waals surface area contributed by atoms with Crippen molar-refractivity contribution in [3.8, 4) is 0 Å². The van der Waals surface area contributed by atoms with Crippen LogP contribution in [0, 0.1) is 6.92 Å². The molecule has 0 spiro atoms. The Morgan fingerprint density at radius 1 is 1.39 bits per heavy atom. The first kappa shape index (κ1) is 14.5. The summed E-state index contributed by atoms with van der Waals surface area (Å²) in [5.74, 6) is -0.538. The minimum absolute atomic E-state index is 0.0371. The van der Waals surface area contributed by atoms with Gasteiger partial charge in [-0.05, 0) is 25.6 Å². The van der Waals surface area contributed by atoms with Crippen LogP contribution in [0.15, 0.2) is 18.2 Å². The third kappa shape index (κ3) is 3.71. The number of aryl methyl sites for hydroxylation is 1. The van der Waals surface area contributed by atoms with Crippen LogP contribution < -0.4 is 15.8 Å². The lowest BCUT2D eigenvalue weighted by Crippen LogP contribution is -2.33. The molecule has 4 N–H and O–H groups in total. The highest BCUT2D eigenvalue weighted by Gasteiger charge is 2.12. The Morgan fingerprint density at radius 3 is 2.67 bits per heavy atom. The van der Waals surface area contributed by atoms with Crippen molar-refractivity contribution in [1.82, 2.24) is 10.0 Å². The van der Waals surface area contributed by atoms with Crippen molar-refractivity contribution >= 4 is 21.6 Å². The minimum Gasteiger partial charge on any atom is -0.398 e. The largest absolute Gasteiger partial charge is 0.398 e. The van der Waals surface area contributed by atoms with Crippen molar-refractivity contribution < 1.29 is 13.2 Å². The zero-order valence-corrected chi connectivity index (χ0v) is 11.2. The summed E-state index contributed by atoms with van der Waals surface area (Å²) in [6.07, 6.45) is 0. The van der Waals surface area contributed by atoms with Crippen molar-refractivity contribution in [3.63, 3.8) is 0 Å². The van der Waals surface area contributed by atoms with E-state index in [9.17, 15) is 13.2 Å². The maximum Gasteiger partial charge on any atom is 0.253 e. The number of rotatable bonds is 5. The molecule has 0 aliphatic carbocycles. The van der Waals surface area contributed by atoms with Crippen molar-refractivity contribution in [2.45, 2.75) is 6.92 Å². The number of benzene rings is 1. The average Bonchev–Trinajstić information content (AvgIpc) is 2.32. The van der Waals surface area contributed by atoms with Gasteiger partial charge in [0.15, 0.2) is 0 Å². The summed E-state index contributed by atoms with van der Waals surface area (Å²) >= 11 is 0. The van der Waals surface area contributed by atoms with E-state index in [-0.39, 0.29) is 18.2 Å². The van der Waals surface area contributed by atoms with E-state index in [0.717, 1.165) is 5.56 Å². The first-order valence-corrected chi connectivity index (χ1v) is 7.07. The fourth-order valence-electron chi connectivity index (χ4n) is 1.37. The number of para-hydroxylation sites is 1. The van der Waals surface area contributed by atoms with E-state index in [1.807, 2.05) is 0 Å². The van der Waals surface area contributed by atoms with E-state index in [1.165, 1.54) is 7.05 Å². The lowest BCUT2D eigenvalue weighted by molar-refractivity contribution is 0.0957. The number of nitrogens with two attached hydrogens (primary N) is 1. The molecule has 0 saturated heterocycles. The van der Waals surface area contributed by atoms with Gasteiger partial charge in [0.2, 0.25) is 10.0 Å². The maximum atomic E-state index is 11.8. The minimum atomic E-state index is -3.31. The zero-order valence-electron chi connectivity index (χ0n) is 10.4. The second-order valence-electron chi connectivity index (χ2n) is 3.82. The molecule has 0 fully saturated rings. The molecule has 0 aliphatic heterocycles. The molecule has 0 aromatic heterocycles. The Hall–Kier alpha value is -1.60. The third-order valence-corrected chi connectivity index (χ3v) is 3.90. The van der Waals surface area contributed by atoms with E-state index < -0.39 is 10.0 Å². The summed E-state index contributed by atoms with van der Waals surface area (Å²) in [6.45, 7) is 1.84. The third-order valence-electron chi connectivity index (χ3n) is 2.54. The highest BCUT2D eigenvalue weighted by molar-refractivity contribution is 7.89. The number of hydrogen-bond donors (Lipinski definition) is 3. The molecule has 0 unspecified atom stereocenters. The lowest BCUT2D eigenvalue weighted by atomic mass is 10.1. The van der Waals surface area contributed by atoms with Crippen LogP contribution in [0.5, 0.6) is 0 Å². The van der Waals surface area contributed by atoms with E-state index in [2.05, 4.69) is 10.0 Å². The molecule has 0 saturated carbocycles. The molecule has 0 heterocycles. The van der Waals surface area contributed by atoms with Crippen molar-refractivity contribution in [1.29, 1.82) is 0 Å². The summed E-state index contributed by atoms with van der Waals surface area (Å²) in [5.41, 5.74) is 7.35. The van der Waals surface area contributed by atoms with Crippen molar-refractivity contribution in [3.05, 3.63) is 29.3 Å². The van der Waals surface area contributed by atoms with Crippen LogP contribution in [0.4, 0.5) is 5.69 Å². The number of amides is 1. The van der Waals surface area contributed by atoms with Gasteiger partial charge in [-0.25, -0.2) is 13.1 Å². The van der Waals surface area contributed by atoms with Crippen LogP contribution in [-0.2, 0) is 10.0 Å². The summed E-state index contributed by atoms with van der Waals surface area (Å²) < 4.78 is 24.5. The molecule has 1 amide bonds. The summed E-state index contributed by atoms with van der Waals surface area (Å²) in [4.78, 5) is 11.8. The number of nitrogens with one attached hydrogen (secondary N) is 2. The smallest absolute Gasteiger partial charge is 0.253 e. The molecular formula is C11H17N3O3S.